The summed E-state index contributed by atoms with van der Waals surface area (Å²) in [5.74, 6) is -0.311. The van der Waals surface area contributed by atoms with E-state index in [-0.39, 0.29) is 23.5 Å². The predicted molar refractivity (Wildman–Crippen MR) is 105 cm³/mol. The van der Waals surface area contributed by atoms with Crippen molar-refractivity contribution in [2.75, 3.05) is 19.8 Å². The molecule has 1 aliphatic rings. The SMILES string of the molecule is CCC(C)(C)C(=O)OCC1CO1.CCCCOC(C)OC(=O)C(C)(C)CC. The van der Waals surface area contributed by atoms with Crippen LogP contribution in [0.2, 0.25) is 0 Å². The molecule has 0 aliphatic carbocycles. The third kappa shape index (κ3) is 11.3. The molecule has 0 amide bonds. The summed E-state index contributed by atoms with van der Waals surface area (Å²) < 4.78 is 20.5. The third-order valence-corrected chi connectivity index (χ3v) is 4.80. The van der Waals surface area contributed by atoms with Crippen LogP contribution in [0.4, 0.5) is 0 Å². The summed E-state index contributed by atoms with van der Waals surface area (Å²) in [4.78, 5) is 23.0. The number of carbonyl (C=O) groups excluding carboxylic acids is 2. The van der Waals surface area contributed by atoms with Gasteiger partial charge in [-0.15, -0.1) is 0 Å². The van der Waals surface area contributed by atoms with Gasteiger partial charge in [0.15, 0.2) is 6.29 Å². The van der Waals surface area contributed by atoms with Gasteiger partial charge >= 0.3 is 11.9 Å². The van der Waals surface area contributed by atoms with Gasteiger partial charge in [-0.2, -0.15) is 0 Å². The molecule has 1 fully saturated rings. The van der Waals surface area contributed by atoms with Crippen molar-refractivity contribution >= 4 is 11.9 Å². The molecule has 6 heteroatoms. The first-order valence-electron chi connectivity index (χ1n) is 10.1. The Morgan fingerprint density at radius 1 is 1.04 bits per heavy atom. The number of hydrogen-bond acceptors (Lipinski definition) is 6. The Hall–Kier alpha value is -1.14. The minimum absolute atomic E-state index is 0.125. The molecule has 1 heterocycles. The van der Waals surface area contributed by atoms with E-state index < -0.39 is 11.7 Å². The van der Waals surface area contributed by atoms with Crippen LogP contribution in [0.3, 0.4) is 0 Å². The van der Waals surface area contributed by atoms with Crippen molar-refractivity contribution in [3.63, 3.8) is 0 Å². The lowest BCUT2D eigenvalue weighted by Gasteiger charge is -2.23. The highest BCUT2D eigenvalue weighted by Crippen LogP contribution is 2.23. The number of hydrogen-bond donors (Lipinski definition) is 0. The molecule has 2 unspecified atom stereocenters. The summed E-state index contributed by atoms with van der Waals surface area (Å²) in [5.41, 5.74) is -0.767. The summed E-state index contributed by atoms with van der Waals surface area (Å²) in [6, 6.07) is 0. The summed E-state index contributed by atoms with van der Waals surface area (Å²) in [7, 11) is 0. The lowest BCUT2D eigenvalue weighted by Crippen LogP contribution is -2.30. The fourth-order valence-electron chi connectivity index (χ4n) is 1.55. The fourth-order valence-corrected chi connectivity index (χ4v) is 1.55. The van der Waals surface area contributed by atoms with Gasteiger partial charge in [0, 0.05) is 0 Å². The number of esters is 2. The van der Waals surface area contributed by atoms with E-state index in [1.54, 1.807) is 6.92 Å². The van der Waals surface area contributed by atoms with E-state index in [0.717, 1.165) is 32.3 Å². The van der Waals surface area contributed by atoms with Gasteiger partial charge < -0.3 is 18.9 Å². The summed E-state index contributed by atoms with van der Waals surface area (Å²) in [6.45, 7) is 17.2. The zero-order chi connectivity index (χ0) is 21.1. The molecule has 0 aromatic carbocycles. The molecule has 0 bridgehead atoms. The van der Waals surface area contributed by atoms with Crippen LogP contribution in [0.15, 0.2) is 0 Å². The average Bonchev–Trinajstić information content (AvgIpc) is 3.44. The normalized spacial score (nSPS) is 17.4. The van der Waals surface area contributed by atoms with Crippen LogP contribution < -0.4 is 0 Å². The van der Waals surface area contributed by atoms with E-state index >= 15 is 0 Å². The van der Waals surface area contributed by atoms with E-state index in [1.807, 2.05) is 41.5 Å². The first-order chi connectivity index (χ1) is 12.5. The summed E-state index contributed by atoms with van der Waals surface area (Å²) >= 11 is 0. The topological polar surface area (TPSA) is 74.4 Å². The second-order valence-corrected chi connectivity index (χ2v) is 8.23. The van der Waals surface area contributed by atoms with Crippen molar-refractivity contribution in [1.82, 2.24) is 0 Å². The van der Waals surface area contributed by atoms with E-state index in [4.69, 9.17) is 18.9 Å². The van der Waals surface area contributed by atoms with Gasteiger partial charge in [0.2, 0.25) is 0 Å². The molecule has 2 atom stereocenters. The van der Waals surface area contributed by atoms with Crippen LogP contribution in [-0.4, -0.2) is 44.2 Å². The Morgan fingerprint density at radius 3 is 2.00 bits per heavy atom. The van der Waals surface area contributed by atoms with Crippen LogP contribution >= 0.6 is 0 Å². The van der Waals surface area contributed by atoms with Gasteiger partial charge in [0.25, 0.3) is 0 Å². The Morgan fingerprint density at radius 2 is 1.56 bits per heavy atom. The quantitative estimate of drug-likeness (QED) is 0.225. The van der Waals surface area contributed by atoms with E-state index in [2.05, 4.69) is 6.92 Å². The molecule has 1 aliphatic heterocycles. The van der Waals surface area contributed by atoms with Gasteiger partial charge in [-0.3, -0.25) is 9.59 Å². The largest absolute Gasteiger partial charge is 0.462 e. The minimum atomic E-state index is -0.435. The molecule has 0 saturated carbocycles. The third-order valence-electron chi connectivity index (χ3n) is 4.80. The molecule has 6 nitrogen and oxygen atoms in total. The van der Waals surface area contributed by atoms with Crippen molar-refractivity contribution in [1.29, 1.82) is 0 Å². The highest BCUT2D eigenvalue weighted by molar-refractivity contribution is 5.76. The van der Waals surface area contributed by atoms with Crippen molar-refractivity contribution in [3.05, 3.63) is 0 Å². The second kappa shape index (κ2) is 12.3. The van der Waals surface area contributed by atoms with Crippen LogP contribution in [-0.2, 0) is 28.5 Å². The molecule has 0 radical (unpaired) electrons. The molecule has 1 saturated heterocycles. The number of epoxide rings is 1. The smallest absolute Gasteiger partial charge is 0.313 e. The van der Waals surface area contributed by atoms with Crippen molar-refractivity contribution in [2.24, 2.45) is 10.8 Å². The van der Waals surface area contributed by atoms with Gasteiger partial charge in [-0.1, -0.05) is 27.2 Å². The molecule has 0 spiro atoms. The lowest BCUT2D eigenvalue weighted by molar-refractivity contribution is -0.185. The number of ether oxygens (including phenoxy) is 4. The maximum Gasteiger partial charge on any atom is 0.313 e. The monoisotopic (exact) mass is 388 g/mol. The van der Waals surface area contributed by atoms with Gasteiger partial charge in [-0.25, -0.2) is 0 Å². The zero-order valence-corrected chi connectivity index (χ0v) is 18.6. The molecule has 27 heavy (non-hydrogen) atoms. The van der Waals surface area contributed by atoms with Crippen molar-refractivity contribution in [2.45, 2.75) is 93.5 Å². The van der Waals surface area contributed by atoms with Crippen LogP contribution in [0.25, 0.3) is 0 Å². The molecular formula is C21H40O6. The lowest BCUT2D eigenvalue weighted by atomic mass is 9.91. The van der Waals surface area contributed by atoms with Crippen LogP contribution in [0.5, 0.6) is 0 Å². The van der Waals surface area contributed by atoms with E-state index in [1.165, 1.54) is 0 Å². The Bertz CT molecular complexity index is 440. The predicted octanol–water partition coefficient (Wildman–Crippen LogP) is 4.49. The number of carbonyl (C=O) groups is 2. The first-order valence-corrected chi connectivity index (χ1v) is 10.1. The first kappa shape index (κ1) is 25.9. The summed E-state index contributed by atoms with van der Waals surface area (Å²) in [5, 5.41) is 0. The van der Waals surface area contributed by atoms with Crippen LogP contribution in [0.1, 0.15) is 81.1 Å². The average molecular weight is 389 g/mol. The maximum atomic E-state index is 11.6. The molecule has 0 N–H and O–H groups in total. The standard InChI is InChI=1S/C12H24O3.C9H16O3/c1-6-8-9-14-10(3)15-11(13)12(4,5)7-2;1-4-9(2,3)8(10)12-6-7-5-11-7/h10H,6-9H2,1-5H3;7H,4-6H2,1-3H3. The van der Waals surface area contributed by atoms with Gasteiger partial charge in [0.05, 0.1) is 24.0 Å². The molecule has 0 aromatic rings. The van der Waals surface area contributed by atoms with Crippen molar-refractivity contribution in [3.8, 4) is 0 Å². The fraction of sp³-hybridized carbons (Fsp3) is 0.905. The van der Waals surface area contributed by atoms with Gasteiger partial charge in [-0.05, 0) is 53.9 Å². The number of rotatable bonds is 11. The van der Waals surface area contributed by atoms with Crippen LogP contribution in [0, 0.1) is 10.8 Å². The molecular weight excluding hydrogens is 348 g/mol. The zero-order valence-electron chi connectivity index (χ0n) is 18.6. The molecule has 160 valence electrons. The number of unbranched alkanes of at least 4 members (excludes halogenated alkanes) is 1. The van der Waals surface area contributed by atoms with E-state index in [9.17, 15) is 9.59 Å². The Labute approximate surface area is 165 Å². The Kier molecular flexibility index (Phi) is 11.8. The van der Waals surface area contributed by atoms with Gasteiger partial charge in [0.1, 0.15) is 12.7 Å². The van der Waals surface area contributed by atoms with E-state index in [0.29, 0.717) is 13.2 Å². The second-order valence-electron chi connectivity index (χ2n) is 8.23. The maximum absolute atomic E-state index is 11.6. The highest BCUT2D eigenvalue weighted by Gasteiger charge is 2.30. The molecule has 0 aromatic heterocycles. The van der Waals surface area contributed by atoms with Crippen molar-refractivity contribution < 1.29 is 28.5 Å². The minimum Gasteiger partial charge on any atom is -0.462 e. The highest BCUT2D eigenvalue weighted by atomic mass is 16.7. The Balaban J connectivity index is 0.000000511. The summed E-state index contributed by atoms with van der Waals surface area (Å²) in [6.07, 6.45) is 3.39. The molecule has 1 rings (SSSR count).